The molecule has 2 aliphatic rings. The molecule has 322 valence electrons. The van der Waals surface area contributed by atoms with E-state index in [2.05, 4.69) is 12.1 Å². The van der Waals surface area contributed by atoms with Crippen molar-refractivity contribution in [2.24, 2.45) is 21.7 Å². The molecule has 0 aliphatic heterocycles. The van der Waals surface area contributed by atoms with Crippen LogP contribution in [0.25, 0.3) is 11.1 Å². The Morgan fingerprint density at radius 2 is 0.810 bits per heavy atom. The van der Waals surface area contributed by atoms with E-state index >= 15 is 0 Å². The van der Waals surface area contributed by atoms with Gasteiger partial charge >= 0.3 is 23.9 Å². The first kappa shape index (κ1) is 46.6. The van der Waals surface area contributed by atoms with E-state index in [0.717, 1.165) is 136 Å². The van der Waals surface area contributed by atoms with E-state index < -0.39 is 45.5 Å². The maximum atomic E-state index is 11.7. The first-order valence-electron chi connectivity index (χ1n) is 22.0. The number of aliphatic carboxylic acids is 4. The summed E-state index contributed by atoms with van der Waals surface area (Å²) in [6, 6.07) is 7.95. The van der Waals surface area contributed by atoms with Gasteiger partial charge in [0.1, 0.15) is 11.5 Å². The summed E-state index contributed by atoms with van der Waals surface area (Å²) in [6.45, 7) is 6.97. The van der Waals surface area contributed by atoms with E-state index in [0.29, 0.717) is 51.4 Å². The molecule has 0 saturated heterocycles. The second-order valence-corrected chi connectivity index (χ2v) is 19.1. The SMILES string of the molecule is CC(C)(CCCCCc1cc(O)c(CCCCCC2(C(=O)O)CC2)c(-c2cc(CCCCCC3(C(=O)O)CC3)cc(O)c2CCCCCC(C)(C)C(=O)O)c1)C(=O)O. The highest BCUT2D eigenvalue weighted by atomic mass is 16.4. The second kappa shape index (κ2) is 20.3. The second-order valence-electron chi connectivity index (χ2n) is 19.1. The molecule has 10 nitrogen and oxygen atoms in total. The smallest absolute Gasteiger partial charge is 0.309 e. The van der Waals surface area contributed by atoms with Crippen molar-refractivity contribution in [2.75, 3.05) is 0 Å². The van der Waals surface area contributed by atoms with Crippen LogP contribution in [0.4, 0.5) is 0 Å². The summed E-state index contributed by atoms with van der Waals surface area (Å²) in [7, 11) is 0. The van der Waals surface area contributed by atoms with Gasteiger partial charge in [-0.25, -0.2) is 0 Å². The predicted octanol–water partition coefficient (Wildman–Crippen LogP) is 11.1. The molecule has 0 heterocycles. The highest BCUT2D eigenvalue weighted by Gasteiger charge is 2.50. The highest BCUT2D eigenvalue weighted by molar-refractivity contribution is 5.79. The average Bonchev–Trinajstić information content (AvgIpc) is 4.09. The quantitative estimate of drug-likeness (QED) is 0.0431. The Hall–Kier alpha value is -4.08. The zero-order valence-electron chi connectivity index (χ0n) is 35.6. The van der Waals surface area contributed by atoms with Gasteiger partial charge in [0.15, 0.2) is 0 Å². The third-order valence-corrected chi connectivity index (χ3v) is 13.3. The van der Waals surface area contributed by atoms with E-state index in [4.69, 9.17) is 0 Å². The van der Waals surface area contributed by atoms with Crippen molar-refractivity contribution in [3.05, 3.63) is 46.5 Å². The van der Waals surface area contributed by atoms with Crippen molar-refractivity contribution in [3.63, 3.8) is 0 Å². The van der Waals surface area contributed by atoms with Gasteiger partial charge in [0.25, 0.3) is 0 Å². The molecule has 4 rings (SSSR count). The number of aryl methyl sites for hydroxylation is 2. The monoisotopic (exact) mass is 806 g/mol. The van der Waals surface area contributed by atoms with Gasteiger partial charge in [0.2, 0.25) is 0 Å². The summed E-state index contributed by atoms with van der Waals surface area (Å²) in [5.41, 5.74) is 2.59. The highest BCUT2D eigenvalue weighted by Crippen LogP contribution is 2.51. The summed E-state index contributed by atoms with van der Waals surface area (Å²) in [4.78, 5) is 46.7. The van der Waals surface area contributed by atoms with Crippen molar-refractivity contribution < 1.29 is 49.8 Å². The summed E-state index contributed by atoms with van der Waals surface area (Å²) < 4.78 is 0. The minimum atomic E-state index is -0.817. The van der Waals surface area contributed by atoms with Crippen molar-refractivity contribution in [1.29, 1.82) is 0 Å². The van der Waals surface area contributed by atoms with Gasteiger partial charge in [-0.2, -0.15) is 0 Å². The summed E-state index contributed by atoms with van der Waals surface area (Å²) >= 11 is 0. The number of rotatable bonds is 29. The number of hydrogen-bond acceptors (Lipinski definition) is 6. The van der Waals surface area contributed by atoms with E-state index in [1.807, 2.05) is 12.1 Å². The molecule has 2 aromatic rings. The van der Waals surface area contributed by atoms with Gasteiger partial charge in [-0.1, -0.05) is 63.5 Å². The maximum Gasteiger partial charge on any atom is 0.309 e. The van der Waals surface area contributed by atoms with E-state index in [-0.39, 0.29) is 11.5 Å². The molecular formula is C48H70O10. The minimum absolute atomic E-state index is 0.196. The van der Waals surface area contributed by atoms with Crippen molar-refractivity contribution in [3.8, 4) is 22.6 Å². The molecule has 58 heavy (non-hydrogen) atoms. The van der Waals surface area contributed by atoms with Gasteiger partial charge in [-0.3, -0.25) is 19.2 Å². The van der Waals surface area contributed by atoms with Crippen LogP contribution in [0.5, 0.6) is 11.5 Å². The van der Waals surface area contributed by atoms with Crippen molar-refractivity contribution >= 4 is 23.9 Å². The topological polar surface area (TPSA) is 190 Å². The lowest BCUT2D eigenvalue weighted by Gasteiger charge is -2.21. The molecular weight excluding hydrogens is 737 g/mol. The normalized spacial score (nSPS) is 15.6. The number of hydrogen-bond donors (Lipinski definition) is 6. The number of benzene rings is 2. The van der Waals surface area contributed by atoms with Crippen molar-refractivity contribution in [1.82, 2.24) is 0 Å². The number of unbranched alkanes of at least 4 members (excludes halogenated alkanes) is 8. The van der Waals surface area contributed by atoms with Gasteiger partial charge in [0.05, 0.1) is 21.7 Å². The van der Waals surface area contributed by atoms with E-state index in [9.17, 15) is 49.8 Å². The molecule has 0 aromatic heterocycles. The largest absolute Gasteiger partial charge is 0.508 e. The fraction of sp³-hybridized carbons (Fsp3) is 0.667. The zero-order valence-corrected chi connectivity index (χ0v) is 35.6. The molecule has 0 amide bonds. The molecule has 0 spiro atoms. The van der Waals surface area contributed by atoms with Crippen LogP contribution in [0.1, 0.15) is 178 Å². The van der Waals surface area contributed by atoms with Crippen LogP contribution in [0.2, 0.25) is 0 Å². The molecule has 0 atom stereocenters. The van der Waals surface area contributed by atoms with E-state index in [1.165, 1.54) is 0 Å². The Balaban J connectivity index is 1.59. The zero-order chi connectivity index (χ0) is 42.7. The van der Waals surface area contributed by atoms with Crippen LogP contribution in [0.15, 0.2) is 24.3 Å². The molecule has 0 bridgehead atoms. The van der Waals surface area contributed by atoms with Gasteiger partial charge in [-0.05, 0) is 165 Å². The lowest BCUT2D eigenvalue weighted by atomic mass is 9.85. The van der Waals surface area contributed by atoms with Crippen LogP contribution in [0.3, 0.4) is 0 Å². The lowest BCUT2D eigenvalue weighted by Crippen LogP contribution is -2.23. The van der Waals surface area contributed by atoms with Crippen LogP contribution < -0.4 is 0 Å². The summed E-state index contributed by atoms with van der Waals surface area (Å²) in [5, 5.41) is 61.7. The third kappa shape index (κ3) is 13.0. The number of phenolic OH excluding ortho intramolecular Hbond substituents is 2. The lowest BCUT2D eigenvalue weighted by molar-refractivity contribution is -0.148. The molecule has 0 unspecified atom stereocenters. The average molecular weight is 807 g/mol. The fourth-order valence-electron chi connectivity index (χ4n) is 8.41. The molecule has 2 saturated carbocycles. The minimum Gasteiger partial charge on any atom is -0.508 e. The number of carbonyl (C=O) groups is 4. The van der Waals surface area contributed by atoms with Crippen LogP contribution >= 0.6 is 0 Å². The number of phenols is 2. The van der Waals surface area contributed by atoms with Gasteiger partial charge < -0.3 is 30.6 Å². The van der Waals surface area contributed by atoms with Crippen molar-refractivity contribution in [2.45, 2.75) is 182 Å². The fourth-order valence-corrected chi connectivity index (χ4v) is 8.41. The molecule has 6 N–H and O–H groups in total. The number of aromatic hydroxyl groups is 2. The molecule has 10 heteroatoms. The van der Waals surface area contributed by atoms with Crippen LogP contribution in [-0.4, -0.2) is 54.5 Å². The Labute approximate surface area is 345 Å². The molecule has 2 aromatic carbocycles. The standard InChI is InChI=1S/C48H70O10/c1-45(2,41(51)52)21-13-5-9-17-33-29-38(36(40(50)31-33)20-12-8-16-24-48(27-28-48)44(57)58)37-30-34(18-10-6-15-23-47(25-26-47)43(55)56)32-39(49)35(37)19-11-7-14-22-46(3,4)42(53)54/h29-32,49-50H,5-28H2,1-4H3,(H,51,52)(H,53,54)(H,55,56)(H,57,58). The maximum absolute atomic E-state index is 11.7. The Morgan fingerprint density at radius 3 is 1.12 bits per heavy atom. The molecule has 2 fully saturated rings. The molecule has 0 radical (unpaired) electrons. The molecule has 2 aliphatic carbocycles. The Morgan fingerprint density at radius 1 is 0.483 bits per heavy atom. The van der Waals surface area contributed by atoms with Gasteiger partial charge in [-0.15, -0.1) is 0 Å². The van der Waals surface area contributed by atoms with Crippen LogP contribution in [-0.2, 0) is 44.9 Å². The first-order valence-corrected chi connectivity index (χ1v) is 22.0. The summed E-state index contributed by atoms with van der Waals surface area (Å²) in [6.07, 6.45) is 17.7. The Bertz CT molecular complexity index is 1640. The van der Waals surface area contributed by atoms with E-state index in [1.54, 1.807) is 27.7 Å². The third-order valence-electron chi connectivity index (χ3n) is 13.3. The number of carboxylic acid groups (broad SMARTS) is 4. The van der Waals surface area contributed by atoms with Crippen LogP contribution in [0, 0.1) is 21.7 Å². The predicted molar refractivity (Wildman–Crippen MR) is 225 cm³/mol. The number of carboxylic acids is 4. The first-order chi connectivity index (χ1) is 27.3. The Kier molecular flexibility index (Phi) is 16.3. The summed E-state index contributed by atoms with van der Waals surface area (Å²) in [5.74, 6) is -2.63. The van der Waals surface area contributed by atoms with Gasteiger partial charge in [0, 0.05) is 11.1 Å².